The Hall–Kier alpha value is -0.310. The predicted octanol–water partition coefficient (Wildman–Crippen LogP) is 2.96. The quantitative estimate of drug-likeness (QED) is 0.732. The van der Waals surface area contributed by atoms with Crippen LogP contribution in [-0.2, 0) is 12.0 Å². The first-order valence-electron chi connectivity index (χ1n) is 4.57. The summed E-state index contributed by atoms with van der Waals surface area (Å²) in [6.07, 6.45) is 5.11. The number of hydrogen-bond donors (Lipinski definition) is 0. The summed E-state index contributed by atoms with van der Waals surface area (Å²) in [5, 5.41) is 4.34. The van der Waals surface area contributed by atoms with Gasteiger partial charge in [-0.2, -0.15) is 5.10 Å². The van der Waals surface area contributed by atoms with Crippen molar-refractivity contribution in [2.75, 3.05) is 0 Å². The van der Waals surface area contributed by atoms with Crippen LogP contribution in [-0.4, -0.2) is 14.6 Å². The maximum Gasteiger partial charge on any atom is 0.0543 e. The van der Waals surface area contributed by atoms with Crippen molar-refractivity contribution in [3.8, 4) is 0 Å². The zero-order chi connectivity index (χ0) is 10.1. The lowest BCUT2D eigenvalue weighted by atomic mass is 10.1. The van der Waals surface area contributed by atoms with E-state index in [4.69, 9.17) is 0 Å². The Labute approximate surface area is 88.5 Å². The molecule has 0 radical (unpaired) electrons. The molecule has 0 aliphatic rings. The first-order chi connectivity index (χ1) is 5.89. The van der Waals surface area contributed by atoms with Crippen LogP contribution in [0, 0.1) is 0 Å². The van der Waals surface area contributed by atoms with Crippen LogP contribution in [0.3, 0.4) is 0 Å². The average Bonchev–Trinajstić information content (AvgIpc) is 2.32. The number of halogens is 1. The smallest absolute Gasteiger partial charge is 0.0543 e. The number of rotatable bonds is 2. The van der Waals surface area contributed by atoms with Crippen molar-refractivity contribution >= 4 is 15.9 Å². The summed E-state index contributed by atoms with van der Waals surface area (Å²) in [4.78, 5) is 0.519. The number of nitrogens with zero attached hydrogens (tertiary/aromatic N) is 2. The van der Waals surface area contributed by atoms with Crippen LogP contribution in [0.2, 0.25) is 0 Å². The minimum absolute atomic E-state index is 0.0911. The van der Waals surface area contributed by atoms with Gasteiger partial charge < -0.3 is 0 Å². The fourth-order valence-corrected chi connectivity index (χ4v) is 1.53. The minimum Gasteiger partial charge on any atom is -0.267 e. The highest BCUT2D eigenvalue weighted by molar-refractivity contribution is 9.09. The third-order valence-corrected chi connectivity index (χ3v) is 2.16. The molecule has 0 aliphatic carbocycles. The lowest BCUT2D eigenvalue weighted by Crippen LogP contribution is -2.21. The lowest BCUT2D eigenvalue weighted by Gasteiger charge is -2.18. The van der Waals surface area contributed by atoms with Gasteiger partial charge in [-0.05, 0) is 32.8 Å². The van der Waals surface area contributed by atoms with E-state index in [1.165, 1.54) is 5.56 Å². The van der Waals surface area contributed by atoms with Gasteiger partial charge in [-0.1, -0.05) is 22.9 Å². The van der Waals surface area contributed by atoms with Crippen LogP contribution < -0.4 is 0 Å². The normalized spacial score (nSPS) is 14.5. The van der Waals surface area contributed by atoms with Crippen molar-refractivity contribution in [3.63, 3.8) is 0 Å². The molecule has 1 aromatic rings. The number of alkyl halides is 1. The van der Waals surface area contributed by atoms with Gasteiger partial charge in [0.2, 0.25) is 0 Å². The lowest BCUT2D eigenvalue weighted by molar-refractivity contribution is 0.355. The van der Waals surface area contributed by atoms with Gasteiger partial charge in [-0.25, -0.2) is 0 Å². The van der Waals surface area contributed by atoms with Crippen LogP contribution >= 0.6 is 15.9 Å². The molecule has 1 rings (SSSR count). The molecular formula is C10H17BrN2. The summed E-state index contributed by atoms with van der Waals surface area (Å²) < 4.78 is 2.01. The van der Waals surface area contributed by atoms with Crippen LogP contribution in [0.25, 0.3) is 0 Å². The molecule has 0 saturated heterocycles. The van der Waals surface area contributed by atoms with Gasteiger partial charge in [-0.15, -0.1) is 0 Å². The molecule has 74 valence electrons. The molecule has 0 N–H and O–H groups in total. The van der Waals surface area contributed by atoms with E-state index in [1.807, 2.05) is 10.9 Å². The molecule has 1 aromatic heterocycles. The Morgan fingerprint density at radius 1 is 1.54 bits per heavy atom. The van der Waals surface area contributed by atoms with Crippen molar-refractivity contribution in [2.24, 2.45) is 0 Å². The molecule has 0 fully saturated rings. The van der Waals surface area contributed by atoms with E-state index in [9.17, 15) is 0 Å². The summed E-state index contributed by atoms with van der Waals surface area (Å²) >= 11 is 3.53. The number of aromatic nitrogens is 2. The summed E-state index contributed by atoms with van der Waals surface area (Å²) in [5.41, 5.74) is 1.38. The van der Waals surface area contributed by atoms with E-state index < -0.39 is 0 Å². The minimum atomic E-state index is 0.0911. The molecule has 1 atom stereocenters. The van der Waals surface area contributed by atoms with Crippen LogP contribution in [0.4, 0.5) is 0 Å². The maximum absolute atomic E-state index is 4.34. The molecule has 1 heterocycles. The van der Waals surface area contributed by atoms with Crippen molar-refractivity contribution in [2.45, 2.75) is 44.5 Å². The Kier molecular flexibility index (Phi) is 3.17. The molecule has 3 heteroatoms. The van der Waals surface area contributed by atoms with E-state index >= 15 is 0 Å². The Balaban J connectivity index is 2.75. The van der Waals surface area contributed by atoms with Gasteiger partial charge in [0.1, 0.15) is 0 Å². The largest absolute Gasteiger partial charge is 0.267 e. The Bertz CT molecular complexity index is 271. The molecular weight excluding hydrogens is 228 g/mol. The van der Waals surface area contributed by atoms with Crippen LogP contribution in [0.5, 0.6) is 0 Å². The summed E-state index contributed by atoms with van der Waals surface area (Å²) in [6, 6.07) is 0. The van der Waals surface area contributed by atoms with E-state index in [2.05, 4.69) is 54.9 Å². The predicted molar refractivity (Wildman–Crippen MR) is 59.3 cm³/mol. The first kappa shape index (κ1) is 10.8. The SMILES string of the molecule is CC(Br)Cc1cnn(C(C)(C)C)c1. The molecule has 1 unspecified atom stereocenters. The van der Waals surface area contributed by atoms with E-state index in [-0.39, 0.29) is 5.54 Å². The van der Waals surface area contributed by atoms with Gasteiger partial charge in [0.25, 0.3) is 0 Å². The van der Waals surface area contributed by atoms with Crippen molar-refractivity contribution in [1.82, 2.24) is 9.78 Å². The van der Waals surface area contributed by atoms with Gasteiger partial charge >= 0.3 is 0 Å². The molecule has 0 spiro atoms. The summed E-state index contributed by atoms with van der Waals surface area (Å²) in [6.45, 7) is 8.61. The number of hydrogen-bond acceptors (Lipinski definition) is 1. The first-order valence-corrected chi connectivity index (χ1v) is 5.49. The second-order valence-electron chi connectivity index (χ2n) is 4.45. The highest BCUT2D eigenvalue weighted by Crippen LogP contribution is 2.15. The van der Waals surface area contributed by atoms with E-state index in [0.29, 0.717) is 4.83 Å². The van der Waals surface area contributed by atoms with Crippen LogP contribution in [0.1, 0.15) is 33.3 Å². The van der Waals surface area contributed by atoms with E-state index in [1.54, 1.807) is 0 Å². The van der Waals surface area contributed by atoms with Gasteiger partial charge in [0.05, 0.1) is 11.7 Å². The summed E-state index contributed by atoms with van der Waals surface area (Å²) in [7, 11) is 0. The molecule has 13 heavy (non-hydrogen) atoms. The van der Waals surface area contributed by atoms with Crippen LogP contribution in [0.15, 0.2) is 12.4 Å². The maximum atomic E-state index is 4.34. The fraction of sp³-hybridized carbons (Fsp3) is 0.700. The third-order valence-electron chi connectivity index (χ3n) is 1.84. The second kappa shape index (κ2) is 3.82. The van der Waals surface area contributed by atoms with Gasteiger partial charge in [0.15, 0.2) is 0 Å². The highest BCUT2D eigenvalue weighted by atomic mass is 79.9. The standard InChI is InChI=1S/C10H17BrN2/c1-8(11)5-9-6-12-13(7-9)10(2,3)4/h6-8H,5H2,1-4H3. The molecule has 0 bridgehead atoms. The zero-order valence-electron chi connectivity index (χ0n) is 8.71. The Morgan fingerprint density at radius 2 is 2.15 bits per heavy atom. The Morgan fingerprint density at radius 3 is 2.54 bits per heavy atom. The van der Waals surface area contributed by atoms with Crippen molar-refractivity contribution in [3.05, 3.63) is 18.0 Å². The molecule has 0 amide bonds. The van der Waals surface area contributed by atoms with Crippen molar-refractivity contribution < 1.29 is 0 Å². The molecule has 0 aromatic carbocycles. The van der Waals surface area contributed by atoms with Gasteiger partial charge in [0, 0.05) is 11.0 Å². The molecule has 0 saturated carbocycles. The topological polar surface area (TPSA) is 17.8 Å². The zero-order valence-corrected chi connectivity index (χ0v) is 10.3. The van der Waals surface area contributed by atoms with Crippen molar-refractivity contribution in [1.29, 1.82) is 0 Å². The van der Waals surface area contributed by atoms with E-state index in [0.717, 1.165) is 6.42 Å². The second-order valence-corrected chi connectivity index (χ2v) is 6.01. The third kappa shape index (κ3) is 3.14. The fourth-order valence-electron chi connectivity index (χ4n) is 1.16. The molecule has 2 nitrogen and oxygen atoms in total. The highest BCUT2D eigenvalue weighted by Gasteiger charge is 2.14. The monoisotopic (exact) mass is 244 g/mol. The average molecular weight is 245 g/mol. The summed E-state index contributed by atoms with van der Waals surface area (Å²) in [5.74, 6) is 0. The van der Waals surface area contributed by atoms with Gasteiger partial charge in [-0.3, -0.25) is 4.68 Å². The molecule has 0 aliphatic heterocycles.